The van der Waals surface area contributed by atoms with Crippen molar-refractivity contribution in [1.29, 1.82) is 0 Å². The molecule has 290 valence electrons. The number of aromatic nitrogens is 3. The number of hydrogen-bond donors (Lipinski definition) is 0. The molecule has 5 heteroatoms. The summed E-state index contributed by atoms with van der Waals surface area (Å²) in [6.45, 7) is 0. The van der Waals surface area contributed by atoms with Crippen molar-refractivity contribution in [3.8, 4) is 0 Å². The number of anilines is 1. The van der Waals surface area contributed by atoms with Gasteiger partial charge >= 0.3 is 0 Å². The number of aliphatic imine (C=N–C) groups is 1. The smallest absolute Gasteiger partial charge is 0.192 e. The van der Waals surface area contributed by atoms with Crippen molar-refractivity contribution in [3.63, 3.8) is 0 Å². The molecule has 1 atom stereocenters. The van der Waals surface area contributed by atoms with Gasteiger partial charge in [0.25, 0.3) is 0 Å². The first kappa shape index (κ1) is 35.6. The Balaban J connectivity index is 1.34. The minimum atomic E-state index is -1.28. The maximum absolute atomic E-state index is 6.28. The summed E-state index contributed by atoms with van der Waals surface area (Å²) in [6.07, 6.45) is 3.89. The van der Waals surface area contributed by atoms with E-state index < -0.39 is 5.66 Å². The Labute approximate surface area is 358 Å². The van der Waals surface area contributed by atoms with E-state index in [0.717, 1.165) is 99.5 Å². The summed E-state index contributed by atoms with van der Waals surface area (Å²) in [5, 5.41) is 7.66. The predicted octanol–water partition coefficient (Wildman–Crippen LogP) is 13.4. The molecule has 0 amide bonds. The molecule has 0 spiro atoms. The Hall–Kier alpha value is -8.28. The lowest BCUT2D eigenvalue weighted by Gasteiger charge is -2.48. The van der Waals surface area contributed by atoms with Crippen LogP contribution in [-0.2, 0) is 5.66 Å². The maximum atomic E-state index is 6.28. The number of allylic oxidation sites excluding steroid dienone is 1. The number of benzene rings is 8. The monoisotopic (exact) mass is 791 g/mol. The van der Waals surface area contributed by atoms with Crippen molar-refractivity contribution in [1.82, 2.24) is 15.0 Å². The highest BCUT2D eigenvalue weighted by molar-refractivity contribution is 6.39. The van der Waals surface area contributed by atoms with Crippen molar-refractivity contribution in [2.24, 2.45) is 4.99 Å². The molecule has 3 aromatic heterocycles. The van der Waals surface area contributed by atoms with Crippen molar-refractivity contribution >= 4 is 76.9 Å². The zero-order valence-corrected chi connectivity index (χ0v) is 33.6. The van der Waals surface area contributed by atoms with E-state index >= 15 is 0 Å². The molecule has 4 heterocycles. The molecule has 0 N–H and O–H groups in total. The number of nitrogens with zero attached hydrogens (tertiary/aromatic N) is 5. The van der Waals surface area contributed by atoms with Crippen LogP contribution in [0.5, 0.6) is 0 Å². The summed E-state index contributed by atoms with van der Waals surface area (Å²) in [4.78, 5) is 24.6. The van der Waals surface area contributed by atoms with E-state index in [9.17, 15) is 0 Å². The first-order valence-electron chi connectivity index (χ1n) is 21.0. The van der Waals surface area contributed by atoms with Crippen LogP contribution >= 0.6 is 0 Å². The highest BCUT2D eigenvalue weighted by Gasteiger charge is 2.49. The standard InChI is InChI=1S/C57H37N5/c1-2-23-46(24-3-1)62-56(48-26-12-20-39-16-6-9-25-47(39)48)53(44-31-30-38-15-4-5-18-42(38)35-44)55(52-33-32-40-17-7-11-29-51(40)60-52)61-57(62,45-36-43-19-8-10-28-50(43)59-37-45)49-27-13-21-41-22-14-34-58-54(41)49/h1-37H. The summed E-state index contributed by atoms with van der Waals surface area (Å²) >= 11 is 0. The van der Waals surface area contributed by atoms with Gasteiger partial charge in [-0.15, -0.1) is 0 Å². The van der Waals surface area contributed by atoms with Crippen molar-refractivity contribution in [2.45, 2.75) is 5.66 Å². The SMILES string of the molecule is c1ccc(N2C(c3cccc4ccccc34)=C(c3ccc4ccccc4c3)C(c3ccc4ccccc4n3)=NC2(c2cnc3ccccc3c2)c2cccc3cccnc23)cc1. The second-order valence-electron chi connectivity index (χ2n) is 15.8. The third kappa shape index (κ3) is 5.70. The molecule has 0 saturated carbocycles. The Morgan fingerprint density at radius 1 is 0.452 bits per heavy atom. The molecule has 1 aliphatic heterocycles. The van der Waals surface area contributed by atoms with Crippen molar-refractivity contribution in [2.75, 3.05) is 4.90 Å². The molecule has 62 heavy (non-hydrogen) atoms. The highest BCUT2D eigenvalue weighted by atomic mass is 15.3. The minimum Gasteiger partial charge on any atom is -0.307 e. The van der Waals surface area contributed by atoms with Crippen LogP contribution < -0.4 is 4.90 Å². The molecule has 8 aromatic carbocycles. The predicted molar refractivity (Wildman–Crippen MR) is 256 cm³/mol. The number of hydrogen-bond acceptors (Lipinski definition) is 5. The molecule has 11 aromatic rings. The second kappa shape index (κ2) is 14.5. The summed E-state index contributed by atoms with van der Waals surface area (Å²) in [5.74, 6) is 0. The van der Waals surface area contributed by atoms with Gasteiger partial charge in [0, 0.05) is 56.5 Å². The van der Waals surface area contributed by atoms with Crippen LogP contribution in [0.3, 0.4) is 0 Å². The van der Waals surface area contributed by atoms with Crippen LogP contribution in [0.25, 0.3) is 65.5 Å². The first-order chi connectivity index (χ1) is 30.7. The van der Waals surface area contributed by atoms with Gasteiger partial charge in [-0.3, -0.25) is 9.97 Å². The van der Waals surface area contributed by atoms with Crippen molar-refractivity contribution < 1.29 is 0 Å². The molecule has 0 aliphatic carbocycles. The summed E-state index contributed by atoms with van der Waals surface area (Å²) in [6, 6.07) is 75.0. The van der Waals surface area contributed by atoms with Gasteiger partial charge in [0.2, 0.25) is 0 Å². The number of fused-ring (bicyclic) bond motifs is 5. The van der Waals surface area contributed by atoms with Crippen LogP contribution in [0.2, 0.25) is 0 Å². The lowest BCUT2D eigenvalue weighted by Crippen LogP contribution is -2.49. The fourth-order valence-corrected chi connectivity index (χ4v) is 9.41. The Morgan fingerprint density at radius 3 is 2.02 bits per heavy atom. The molecule has 0 radical (unpaired) electrons. The van der Waals surface area contributed by atoms with Crippen LogP contribution in [0.15, 0.2) is 230 Å². The van der Waals surface area contributed by atoms with Gasteiger partial charge < -0.3 is 4.90 Å². The zero-order chi connectivity index (χ0) is 41.0. The Bertz CT molecular complexity index is 3600. The first-order valence-corrected chi connectivity index (χ1v) is 21.0. The summed E-state index contributed by atoms with van der Waals surface area (Å²) in [5.41, 5.74) is 9.75. The normalized spacial score (nSPS) is 15.5. The fraction of sp³-hybridized carbons (Fsp3) is 0.0175. The quantitative estimate of drug-likeness (QED) is 0.168. The average molecular weight is 792 g/mol. The molecular formula is C57H37N5. The highest BCUT2D eigenvalue weighted by Crippen LogP contribution is 2.53. The maximum Gasteiger partial charge on any atom is 0.192 e. The van der Waals surface area contributed by atoms with E-state index in [1.54, 1.807) is 0 Å². The summed E-state index contributed by atoms with van der Waals surface area (Å²) < 4.78 is 0. The van der Waals surface area contributed by atoms with Gasteiger partial charge in [0.15, 0.2) is 5.66 Å². The minimum absolute atomic E-state index is 0.766. The van der Waals surface area contributed by atoms with Gasteiger partial charge in [-0.05, 0) is 75.6 Å². The molecule has 1 unspecified atom stereocenters. The van der Waals surface area contributed by atoms with E-state index in [1.807, 2.05) is 30.6 Å². The third-order valence-electron chi connectivity index (χ3n) is 12.2. The van der Waals surface area contributed by atoms with E-state index in [1.165, 1.54) is 5.39 Å². The lowest BCUT2D eigenvalue weighted by molar-refractivity contribution is 0.555. The summed E-state index contributed by atoms with van der Waals surface area (Å²) in [7, 11) is 0. The van der Waals surface area contributed by atoms with Gasteiger partial charge in [-0.2, -0.15) is 0 Å². The number of rotatable bonds is 6. The van der Waals surface area contributed by atoms with Crippen LogP contribution in [-0.4, -0.2) is 20.7 Å². The molecule has 12 rings (SSSR count). The van der Waals surface area contributed by atoms with Crippen molar-refractivity contribution in [3.05, 3.63) is 253 Å². The molecule has 0 fully saturated rings. The Morgan fingerprint density at radius 2 is 1.13 bits per heavy atom. The molecule has 5 nitrogen and oxygen atoms in total. The molecule has 0 saturated heterocycles. The number of pyridine rings is 3. The average Bonchev–Trinajstić information content (AvgIpc) is 3.35. The number of para-hydroxylation sites is 4. The van der Waals surface area contributed by atoms with E-state index in [0.29, 0.717) is 0 Å². The molecular weight excluding hydrogens is 755 g/mol. The third-order valence-corrected chi connectivity index (χ3v) is 12.2. The van der Waals surface area contributed by atoms with Gasteiger partial charge in [-0.25, -0.2) is 9.98 Å². The topological polar surface area (TPSA) is 54.3 Å². The fourth-order valence-electron chi connectivity index (χ4n) is 9.41. The lowest BCUT2D eigenvalue weighted by atomic mass is 9.80. The van der Waals surface area contributed by atoms with Crippen LogP contribution in [0.1, 0.15) is 27.9 Å². The molecule has 1 aliphatic rings. The van der Waals surface area contributed by atoms with E-state index in [-0.39, 0.29) is 0 Å². The van der Waals surface area contributed by atoms with E-state index in [2.05, 4.69) is 199 Å². The van der Waals surface area contributed by atoms with Crippen LogP contribution in [0.4, 0.5) is 5.69 Å². The molecule has 0 bridgehead atoms. The van der Waals surface area contributed by atoms with E-state index in [4.69, 9.17) is 19.9 Å². The van der Waals surface area contributed by atoms with Gasteiger partial charge in [0.1, 0.15) is 0 Å². The largest absolute Gasteiger partial charge is 0.307 e. The Kier molecular flexibility index (Phi) is 8.32. The van der Waals surface area contributed by atoms with Gasteiger partial charge in [-0.1, -0.05) is 164 Å². The van der Waals surface area contributed by atoms with Gasteiger partial charge in [0.05, 0.1) is 33.7 Å². The van der Waals surface area contributed by atoms with Crippen LogP contribution in [0, 0.1) is 0 Å². The zero-order valence-electron chi connectivity index (χ0n) is 33.6. The second-order valence-corrected chi connectivity index (χ2v) is 15.8.